The van der Waals surface area contributed by atoms with Crippen LogP contribution in [-0.4, -0.2) is 34.4 Å². The first-order valence-corrected chi connectivity index (χ1v) is 5.49. The van der Waals surface area contributed by atoms with Crippen molar-refractivity contribution >= 4 is 5.91 Å². The van der Waals surface area contributed by atoms with Gasteiger partial charge in [0.1, 0.15) is 0 Å². The molecule has 1 atom stereocenters. The lowest BCUT2D eigenvalue weighted by Crippen LogP contribution is -2.40. The maximum Gasteiger partial charge on any atom is 0.255 e. The van der Waals surface area contributed by atoms with Crippen LogP contribution < -0.4 is 5.73 Å². The number of rotatable bonds is 1. The Kier molecular flexibility index (Phi) is 2.68. The van der Waals surface area contributed by atoms with E-state index in [1.807, 2.05) is 26.0 Å². The van der Waals surface area contributed by atoms with Gasteiger partial charge in [0.15, 0.2) is 0 Å². The van der Waals surface area contributed by atoms with E-state index in [4.69, 9.17) is 5.73 Å². The Labute approximate surface area is 95.5 Å². The average Bonchev–Trinajstić information content (AvgIpc) is 2.59. The van der Waals surface area contributed by atoms with Gasteiger partial charge >= 0.3 is 0 Å². The Hall–Kier alpha value is -1.42. The highest BCUT2D eigenvalue weighted by atomic mass is 16.2. The molecule has 1 unspecified atom stereocenters. The summed E-state index contributed by atoms with van der Waals surface area (Å²) >= 11 is 0. The lowest BCUT2D eigenvalue weighted by Gasteiger charge is -2.19. The minimum atomic E-state index is -0.242. The van der Waals surface area contributed by atoms with Crippen molar-refractivity contribution in [1.82, 2.24) is 9.88 Å². The zero-order chi connectivity index (χ0) is 11.8. The first-order chi connectivity index (χ1) is 7.48. The quantitative estimate of drug-likeness (QED) is 0.765. The first kappa shape index (κ1) is 11.1. The van der Waals surface area contributed by atoms with E-state index in [1.165, 1.54) is 0 Å². The van der Waals surface area contributed by atoms with E-state index in [2.05, 4.69) is 4.98 Å². The normalized spacial score (nSPS) is 24.8. The van der Waals surface area contributed by atoms with Crippen molar-refractivity contribution in [3.8, 4) is 0 Å². The van der Waals surface area contributed by atoms with E-state index < -0.39 is 0 Å². The van der Waals surface area contributed by atoms with Crippen LogP contribution in [0.4, 0.5) is 0 Å². The highest BCUT2D eigenvalue weighted by molar-refractivity contribution is 5.94. The van der Waals surface area contributed by atoms with Crippen molar-refractivity contribution in [2.75, 3.05) is 13.1 Å². The SMILES string of the molecule is Cc1ccc(C(=O)N2CCC(C)(N)C2)cn1. The molecule has 0 saturated carbocycles. The zero-order valence-corrected chi connectivity index (χ0v) is 9.73. The van der Waals surface area contributed by atoms with Gasteiger partial charge in [-0.05, 0) is 32.4 Å². The fraction of sp³-hybridized carbons (Fsp3) is 0.500. The van der Waals surface area contributed by atoms with Gasteiger partial charge in [0, 0.05) is 30.5 Å². The molecule has 1 aliphatic heterocycles. The summed E-state index contributed by atoms with van der Waals surface area (Å²) in [5, 5.41) is 0. The van der Waals surface area contributed by atoms with Gasteiger partial charge in [0.25, 0.3) is 5.91 Å². The average molecular weight is 219 g/mol. The Morgan fingerprint density at radius 1 is 1.56 bits per heavy atom. The molecule has 1 fully saturated rings. The molecule has 0 radical (unpaired) electrons. The number of hydrogen-bond donors (Lipinski definition) is 1. The van der Waals surface area contributed by atoms with E-state index in [9.17, 15) is 4.79 Å². The topological polar surface area (TPSA) is 59.2 Å². The Morgan fingerprint density at radius 2 is 2.31 bits per heavy atom. The molecule has 0 spiro atoms. The van der Waals surface area contributed by atoms with Gasteiger partial charge in [-0.15, -0.1) is 0 Å². The largest absolute Gasteiger partial charge is 0.337 e. The molecule has 0 aliphatic carbocycles. The minimum Gasteiger partial charge on any atom is -0.337 e. The second-order valence-corrected chi connectivity index (χ2v) is 4.82. The molecule has 16 heavy (non-hydrogen) atoms. The third-order valence-electron chi connectivity index (χ3n) is 2.95. The second-order valence-electron chi connectivity index (χ2n) is 4.82. The summed E-state index contributed by atoms with van der Waals surface area (Å²) < 4.78 is 0. The van der Waals surface area contributed by atoms with Crippen LogP contribution in [0, 0.1) is 6.92 Å². The zero-order valence-electron chi connectivity index (χ0n) is 9.73. The minimum absolute atomic E-state index is 0.0293. The molecular weight excluding hydrogens is 202 g/mol. The van der Waals surface area contributed by atoms with Crippen molar-refractivity contribution in [2.24, 2.45) is 5.73 Å². The van der Waals surface area contributed by atoms with Crippen LogP contribution in [0.15, 0.2) is 18.3 Å². The first-order valence-electron chi connectivity index (χ1n) is 5.49. The number of nitrogens with two attached hydrogens (primary N) is 1. The summed E-state index contributed by atoms with van der Waals surface area (Å²) in [7, 11) is 0. The molecule has 1 aromatic heterocycles. The number of hydrogen-bond acceptors (Lipinski definition) is 3. The lowest BCUT2D eigenvalue weighted by molar-refractivity contribution is 0.0784. The van der Waals surface area contributed by atoms with E-state index >= 15 is 0 Å². The van der Waals surface area contributed by atoms with Crippen LogP contribution in [0.2, 0.25) is 0 Å². The van der Waals surface area contributed by atoms with Gasteiger partial charge in [-0.1, -0.05) is 0 Å². The van der Waals surface area contributed by atoms with Crippen molar-refractivity contribution < 1.29 is 4.79 Å². The summed E-state index contributed by atoms with van der Waals surface area (Å²) in [5.74, 6) is 0.0293. The van der Waals surface area contributed by atoms with Gasteiger partial charge in [0.2, 0.25) is 0 Å². The van der Waals surface area contributed by atoms with Gasteiger partial charge in [-0.2, -0.15) is 0 Å². The Morgan fingerprint density at radius 3 is 2.81 bits per heavy atom. The fourth-order valence-electron chi connectivity index (χ4n) is 1.93. The van der Waals surface area contributed by atoms with E-state index in [-0.39, 0.29) is 11.4 Å². The molecule has 4 heteroatoms. The highest BCUT2D eigenvalue weighted by Crippen LogP contribution is 2.19. The summed E-state index contributed by atoms with van der Waals surface area (Å²) in [5.41, 5.74) is 7.32. The van der Waals surface area contributed by atoms with Crippen molar-refractivity contribution in [3.63, 3.8) is 0 Å². The molecular formula is C12H17N3O. The predicted octanol–water partition coefficient (Wildman–Crippen LogP) is 0.953. The molecule has 2 N–H and O–H groups in total. The van der Waals surface area contributed by atoms with Crippen molar-refractivity contribution in [2.45, 2.75) is 25.8 Å². The third kappa shape index (κ3) is 2.22. The van der Waals surface area contributed by atoms with Gasteiger partial charge in [-0.3, -0.25) is 9.78 Å². The van der Waals surface area contributed by atoms with Gasteiger partial charge in [0.05, 0.1) is 5.56 Å². The van der Waals surface area contributed by atoms with Crippen LogP contribution in [0.25, 0.3) is 0 Å². The van der Waals surface area contributed by atoms with E-state index in [1.54, 1.807) is 11.1 Å². The smallest absolute Gasteiger partial charge is 0.255 e. The molecule has 1 amide bonds. The molecule has 1 saturated heterocycles. The molecule has 86 valence electrons. The molecule has 1 aromatic rings. The highest BCUT2D eigenvalue weighted by Gasteiger charge is 2.32. The van der Waals surface area contributed by atoms with Crippen LogP contribution in [0.5, 0.6) is 0 Å². The number of carbonyl (C=O) groups excluding carboxylic acids is 1. The molecule has 1 aliphatic rings. The summed E-state index contributed by atoms with van der Waals surface area (Å²) in [6, 6.07) is 3.67. The monoisotopic (exact) mass is 219 g/mol. The van der Waals surface area contributed by atoms with Crippen LogP contribution in [0.1, 0.15) is 29.4 Å². The number of aromatic nitrogens is 1. The predicted molar refractivity (Wildman–Crippen MR) is 62.1 cm³/mol. The number of nitrogens with zero attached hydrogens (tertiary/aromatic N) is 2. The second kappa shape index (κ2) is 3.87. The van der Waals surface area contributed by atoms with Crippen molar-refractivity contribution in [3.05, 3.63) is 29.6 Å². The van der Waals surface area contributed by atoms with Crippen LogP contribution >= 0.6 is 0 Å². The number of carbonyl (C=O) groups is 1. The maximum absolute atomic E-state index is 12.1. The Balaban J connectivity index is 2.12. The van der Waals surface area contributed by atoms with E-state index in [0.29, 0.717) is 12.1 Å². The summed E-state index contributed by atoms with van der Waals surface area (Å²) in [6.45, 7) is 5.24. The Bertz CT molecular complexity index is 397. The standard InChI is InChI=1S/C12H17N3O/c1-9-3-4-10(7-14-9)11(16)15-6-5-12(2,13)8-15/h3-4,7H,5-6,8,13H2,1-2H3. The molecule has 0 bridgehead atoms. The number of pyridine rings is 1. The fourth-order valence-corrected chi connectivity index (χ4v) is 1.93. The number of amides is 1. The molecule has 2 rings (SSSR count). The number of aryl methyl sites for hydroxylation is 1. The van der Waals surface area contributed by atoms with Gasteiger partial charge in [-0.25, -0.2) is 0 Å². The maximum atomic E-state index is 12.1. The summed E-state index contributed by atoms with van der Waals surface area (Å²) in [4.78, 5) is 18.0. The third-order valence-corrected chi connectivity index (χ3v) is 2.95. The van der Waals surface area contributed by atoms with E-state index in [0.717, 1.165) is 18.7 Å². The lowest BCUT2D eigenvalue weighted by atomic mass is 10.0. The molecule has 2 heterocycles. The molecule has 4 nitrogen and oxygen atoms in total. The van der Waals surface area contributed by atoms with Gasteiger partial charge < -0.3 is 10.6 Å². The summed E-state index contributed by atoms with van der Waals surface area (Å²) in [6.07, 6.45) is 2.49. The van der Waals surface area contributed by atoms with Crippen LogP contribution in [-0.2, 0) is 0 Å². The van der Waals surface area contributed by atoms with Crippen LogP contribution in [0.3, 0.4) is 0 Å². The number of likely N-dealkylation sites (tertiary alicyclic amines) is 1. The van der Waals surface area contributed by atoms with Crippen molar-refractivity contribution in [1.29, 1.82) is 0 Å². The molecule has 0 aromatic carbocycles.